The predicted octanol–water partition coefficient (Wildman–Crippen LogP) is 3.10. The number of aromatic nitrogens is 1. The highest BCUT2D eigenvalue weighted by Gasteiger charge is 2.18. The molecule has 1 aliphatic rings. The lowest BCUT2D eigenvalue weighted by atomic mass is 10.1. The van der Waals surface area contributed by atoms with Gasteiger partial charge in [0.25, 0.3) is 0 Å². The number of fused-ring (bicyclic) bond motifs is 1. The number of benzene rings is 1. The molecule has 0 aliphatic heterocycles. The number of nitrogen functional groups attached to an aromatic ring is 1. The van der Waals surface area contributed by atoms with Crippen molar-refractivity contribution in [3.8, 4) is 0 Å². The molecule has 1 aromatic carbocycles. The Morgan fingerprint density at radius 3 is 2.90 bits per heavy atom. The van der Waals surface area contributed by atoms with Crippen molar-refractivity contribution in [2.45, 2.75) is 31.7 Å². The van der Waals surface area contributed by atoms with Gasteiger partial charge in [0, 0.05) is 42.3 Å². The smallest absolute Gasteiger partial charge is 0.0630 e. The highest BCUT2D eigenvalue weighted by Crippen LogP contribution is 2.28. The Bertz CT molecular complexity index is 605. The van der Waals surface area contributed by atoms with Gasteiger partial charge in [-0.1, -0.05) is 18.9 Å². The zero-order valence-electron chi connectivity index (χ0n) is 12.7. The number of rotatable bonds is 5. The van der Waals surface area contributed by atoms with Crippen LogP contribution < -0.4 is 11.1 Å². The van der Waals surface area contributed by atoms with E-state index in [1.165, 1.54) is 25.7 Å². The van der Waals surface area contributed by atoms with Crippen molar-refractivity contribution >= 4 is 22.1 Å². The van der Waals surface area contributed by atoms with Crippen molar-refractivity contribution in [1.82, 2.24) is 9.88 Å². The van der Waals surface area contributed by atoms with Crippen LogP contribution in [0, 0.1) is 0 Å². The van der Waals surface area contributed by atoms with Crippen LogP contribution in [0.15, 0.2) is 30.6 Å². The molecule has 0 unspecified atom stereocenters. The lowest BCUT2D eigenvalue weighted by Crippen LogP contribution is -2.33. The van der Waals surface area contributed by atoms with Crippen molar-refractivity contribution in [1.29, 1.82) is 0 Å². The fourth-order valence-electron chi connectivity index (χ4n) is 3.24. The molecule has 1 aliphatic carbocycles. The molecule has 4 nitrogen and oxygen atoms in total. The normalized spacial score (nSPS) is 15.9. The van der Waals surface area contributed by atoms with Crippen molar-refractivity contribution in [3.63, 3.8) is 0 Å². The molecular weight excluding hydrogens is 260 g/mol. The molecule has 3 rings (SSSR count). The number of hydrogen-bond acceptors (Lipinski definition) is 4. The highest BCUT2D eigenvalue weighted by molar-refractivity contribution is 5.98. The maximum absolute atomic E-state index is 6.25. The molecule has 112 valence electrons. The summed E-state index contributed by atoms with van der Waals surface area (Å²) in [6.07, 6.45) is 9.10. The first kappa shape index (κ1) is 14.1. The molecule has 0 bridgehead atoms. The van der Waals surface area contributed by atoms with E-state index in [0.29, 0.717) is 0 Å². The van der Waals surface area contributed by atoms with Gasteiger partial charge >= 0.3 is 0 Å². The van der Waals surface area contributed by atoms with Gasteiger partial charge in [-0.05, 0) is 32.0 Å². The van der Waals surface area contributed by atoms with Crippen LogP contribution >= 0.6 is 0 Å². The quantitative estimate of drug-likeness (QED) is 0.828. The minimum Gasteiger partial charge on any atom is -0.397 e. The first-order valence-electron chi connectivity index (χ1n) is 7.82. The molecule has 1 heterocycles. The number of nitrogens with zero attached hydrogens (tertiary/aromatic N) is 2. The van der Waals surface area contributed by atoms with Crippen molar-refractivity contribution in [2.24, 2.45) is 0 Å². The molecule has 2 aromatic rings. The second kappa shape index (κ2) is 6.31. The van der Waals surface area contributed by atoms with Gasteiger partial charge in [-0.15, -0.1) is 0 Å². The molecule has 21 heavy (non-hydrogen) atoms. The van der Waals surface area contributed by atoms with Gasteiger partial charge in [0.05, 0.1) is 11.4 Å². The number of nitrogens with one attached hydrogen (secondary N) is 1. The number of anilines is 2. The number of likely N-dealkylation sites (N-methyl/N-ethyl adjacent to an activating group) is 1. The lowest BCUT2D eigenvalue weighted by Gasteiger charge is -2.24. The average Bonchev–Trinajstić information content (AvgIpc) is 3.04. The Labute approximate surface area is 126 Å². The van der Waals surface area contributed by atoms with E-state index in [1.54, 1.807) is 6.20 Å². The maximum Gasteiger partial charge on any atom is 0.0630 e. The van der Waals surface area contributed by atoms with E-state index in [4.69, 9.17) is 5.73 Å². The molecule has 1 saturated carbocycles. The van der Waals surface area contributed by atoms with Gasteiger partial charge in [-0.25, -0.2) is 0 Å². The third kappa shape index (κ3) is 3.10. The van der Waals surface area contributed by atoms with Crippen LogP contribution in [-0.2, 0) is 0 Å². The predicted molar refractivity (Wildman–Crippen MR) is 89.5 cm³/mol. The first-order chi connectivity index (χ1) is 10.3. The Hall–Kier alpha value is -1.81. The van der Waals surface area contributed by atoms with Crippen LogP contribution in [0.2, 0.25) is 0 Å². The van der Waals surface area contributed by atoms with Crippen molar-refractivity contribution < 1.29 is 0 Å². The van der Waals surface area contributed by atoms with Crippen molar-refractivity contribution in [3.05, 3.63) is 30.6 Å². The monoisotopic (exact) mass is 284 g/mol. The fraction of sp³-hybridized carbons (Fsp3) is 0.471. The van der Waals surface area contributed by atoms with Gasteiger partial charge in [-0.2, -0.15) is 0 Å². The van der Waals surface area contributed by atoms with Gasteiger partial charge in [0.2, 0.25) is 0 Å². The summed E-state index contributed by atoms with van der Waals surface area (Å²) in [5, 5.41) is 5.63. The molecule has 0 atom stereocenters. The minimum atomic E-state index is 0.770. The van der Waals surface area contributed by atoms with Gasteiger partial charge in [0.1, 0.15) is 0 Å². The summed E-state index contributed by atoms with van der Waals surface area (Å²) in [5.74, 6) is 0. The summed E-state index contributed by atoms with van der Waals surface area (Å²) in [7, 11) is 2.23. The van der Waals surface area contributed by atoms with Gasteiger partial charge < -0.3 is 16.0 Å². The topological polar surface area (TPSA) is 54.2 Å². The van der Waals surface area contributed by atoms with Gasteiger partial charge in [0.15, 0.2) is 0 Å². The Morgan fingerprint density at radius 2 is 2.10 bits per heavy atom. The summed E-state index contributed by atoms with van der Waals surface area (Å²) >= 11 is 0. The number of hydrogen-bond donors (Lipinski definition) is 2. The van der Waals surface area contributed by atoms with E-state index in [9.17, 15) is 0 Å². The van der Waals surface area contributed by atoms with Crippen LogP contribution in [0.25, 0.3) is 10.8 Å². The highest BCUT2D eigenvalue weighted by atomic mass is 15.1. The second-order valence-corrected chi connectivity index (χ2v) is 5.97. The number of pyridine rings is 1. The molecule has 0 spiro atoms. The largest absolute Gasteiger partial charge is 0.397 e. The average molecular weight is 284 g/mol. The summed E-state index contributed by atoms with van der Waals surface area (Å²) in [6.45, 7) is 1.98. The Kier molecular flexibility index (Phi) is 4.25. The molecule has 1 fully saturated rings. The third-order valence-electron chi connectivity index (χ3n) is 4.59. The zero-order chi connectivity index (χ0) is 14.7. The molecule has 1 aromatic heterocycles. The molecule has 0 radical (unpaired) electrons. The third-order valence-corrected chi connectivity index (χ3v) is 4.59. The second-order valence-electron chi connectivity index (χ2n) is 5.97. The maximum atomic E-state index is 6.25. The van der Waals surface area contributed by atoms with Crippen LogP contribution in [0.1, 0.15) is 25.7 Å². The van der Waals surface area contributed by atoms with E-state index in [1.807, 2.05) is 12.3 Å². The summed E-state index contributed by atoms with van der Waals surface area (Å²) in [6, 6.07) is 6.86. The standard InChI is InChI=1S/C17H24N4/c1-21(14-4-2-3-5-14)11-10-20-16-7-6-13-12-19-9-8-15(13)17(16)18/h6-9,12,14,20H,2-5,10-11,18H2,1H3. The zero-order valence-corrected chi connectivity index (χ0v) is 12.7. The SMILES string of the molecule is CN(CCNc1ccc2cnccc2c1N)C1CCCC1. The minimum absolute atomic E-state index is 0.770. The molecule has 0 amide bonds. The number of nitrogens with two attached hydrogens (primary N) is 1. The Morgan fingerprint density at radius 1 is 1.29 bits per heavy atom. The van der Waals surface area contributed by atoms with E-state index in [2.05, 4.69) is 34.4 Å². The summed E-state index contributed by atoms with van der Waals surface area (Å²) in [4.78, 5) is 6.60. The lowest BCUT2D eigenvalue weighted by molar-refractivity contribution is 0.254. The molecule has 4 heteroatoms. The van der Waals surface area contributed by atoms with E-state index < -0.39 is 0 Å². The van der Waals surface area contributed by atoms with Crippen LogP contribution in [-0.4, -0.2) is 36.1 Å². The van der Waals surface area contributed by atoms with E-state index in [-0.39, 0.29) is 0 Å². The molecule has 0 saturated heterocycles. The first-order valence-corrected chi connectivity index (χ1v) is 7.82. The van der Waals surface area contributed by atoms with E-state index >= 15 is 0 Å². The summed E-state index contributed by atoms with van der Waals surface area (Å²) < 4.78 is 0. The fourth-order valence-corrected chi connectivity index (χ4v) is 3.24. The van der Waals surface area contributed by atoms with E-state index in [0.717, 1.165) is 41.3 Å². The van der Waals surface area contributed by atoms with Crippen LogP contribution in [0.3, 0.4) is 0 Å². The van der Waals surface area contributed by atoms with Crippen LogP contribution in [0.4, 0.5) is 11.4 Å². The van der Waals surface area contributed by atoms with Gasteiger partial charge in [-0.3, -0.25) is 4.98 Å². The van der Waals surface area contributed by atoms with Crippen LogP contribution in [0.5, 0.6) is 0 Å². The summed E-state index contributed by atoms with van der Waals surface area (Å²) in [5.41, 5.74) is 8.09. The Balaban J connectivity index is 1.61. The molecular formula is C17H24N4. The molecule has 3 N–H and O–H groups in total. The van der Waals surface area contributed by atoms with Crippen molar-refractivity contribution in [2.75, 3.05) is 31.2 Å².